The summed E-state index contributed by atoms with van der Waals surface area (Å²) in [7, 11) is 1.83. The molecular formula is C19H33IN4O2. The molecule has 0 unspecified atom stereocenters. The molecule has 26 heavy (non-hydrogen) atoms. The molecule has 2 heterocycles. The molecule has 0 bridgehead atoms. The van der Waals surface area contributed by atoms with Crippen molar-refractivity contribution in [3.63, 3.8) is 0 Å². The van der Waals surface area contributed by atoms with E-state index in [1.807, 2.05) is 13.1 Å². The molecule has 1 aromatic rings. The Morgan fingerprint density at radius 2 is 2.12 bits per heavy atom. The zero-order valence-corrected chi connectivity index (χ0v) is 18.6. The summed E-state index contributed by atoms with van der Waals surface area (Å²) >= 11 is 0. The molecule has 1 aliphatic rings. The Morgan fingerprint density at radius 3 is 2.77 bits per heavy atom. The quantitative estimate of drug-likeness (QED) is 0.270. The fraction of sp³-hybridized carbons (Fsp3) is 0.684. The van der Waals surface area contributed by atoms with Gasteiger partial charge in [-0.3, -0.25) is 4.99 Å². The summed E-state index contributed by atoms with van der Waals surface area (Å²) < 4.78 is 11.5. The third-order valence-corrected chi connectivity index (χ3v) is 4.38. The lowest BCUT2D eigenvalue weighted by atomic mass is 10.1. The summed E-state index contributed by atoms with van der Waals surface area (Å²) in [4.78, 5) is 11.1. The molecule has 0 spiro atoms. The van der Waals surface area contributed by atoms with Crippen LogP contribution in [-0.4, -0.2) is 55.3 Å². The number of hydrogen-bond acceptors (Lipinski definition) is 4. The minimum atomic E-state index is 0. The van der Waals surface area contributed by atoms with Gasteiger partial charge in [0.05, 0.1) is 12.7 Å². The standard InChI is InChI=1S/C19H32N4O2.HI/c1-4-6-14-25-18-16(8-7-11-21-18)15-22-19(20-3)23-12-9-17(10-13-23)24-5-2;/h7-8,11,17H,4-6,9-10,12-15H2,1-3H3,(H,20,22);1H. The van der Waals surface area contributed by atoms with Crippen molar-refractivity contribution in [3.05, 3.63) is 23.9 Å². The fourth-order valence-electron chi connectivity index (χ4n) is 2.98. The van der Waals surface area contributed by atoms with Crippen molar-refractivity contribution < 1.29 is 9.47 Å². The molecule has 1 fully saturated rings. The smallest absolute Gasteiger partial charge is 0.218 e. The predicted octanol–water partition coefficient (Wildman–Crippen LogP) is 3.45. The van der Waals surface area contributed by atoms with Crippen molar-refractivity contribution in [1.29, 1.82) is 0 Å². The molecular weight excluding hydrogens is 443 g/mol. The van der Waals surface area contributed by atoms with Gasteiger partial charge in [-0.2, -0.15) is 0 Å². The van der Waals surface area contributed by atoms with Gasteiger partial charge in [0.15, 0.2) is 5.96 Å². The lowest BCUT2D eigenvalue weighted by Gasteiger charge is -2.34. The van der Waals surface area contributed by atoms with E-state index in [-0.39, 0.29) is 24.0 Å². The number of aliphatic imine (C=N–C) groups is 1. The van der Waals surface area contributed by atoms with E-state index in [1.165, 1.54) is 0 Å². The number of ether oxygens (including phenoxy) is 2. The van der Waals surface area contributed by atoms with Crippen molar-refractivity contribution in [2.24, 2.45) is 4.99 Å². The van der Waals surface area contributed by atoms with Gasteiger partial charge in [0, 0.05) is 45.0 Å². The van der Waals surface area contributed by atoms with E-state index in [0.29, 0.717) is 25.1 Å². The SMILES string of the molecule is CCCCOc1ncccc1CNC(=NC)N1CCC(OCC)CC1.I. The zero-order valence-electron chi connectivity index (χ0n) is 16.2. The van der Waals surface area contributed by atoms with Gasteiger partial charge in [-0.15, -0.1) is 24.0 Å². The highest BCUT2D eigenvalue weighted by atomic mass is 127. The fourth-order valence-corrected chi connectivity index (χ4v) is 2.98. The molecule has 148 valence electrons. The van der Waals surface area contributed by atoms with Crippen LogP contribution in [0, 0.1) is 0 Å². The topological polar surface area (TPSA) is 59.0 Å². The van der Waals surface area contributed by atoms with E-state index in [0.717, 1.165) is 56.9 Å². The second kappa shape index (κ2) is 13.1. The van der Waals surface area contributed by atoms with E-state index in [9.17, 15) is 0 Å². The molecule has 7 heteroatoms. The van der Waals surface area contributed by atoms with Gasteiger partial charge in [0.1, 0.15) is 0 Å². The highest BCUT2D eigenvalue weighted by Gasteiger charge is 2.21. The van der Waals surface area contributed by atoms with Crippen molar-refractivity contribution in [1.82, 2.24) is 15.2 Å². The van der Waals surface area contributed by atoms with E-state index >= 15 is 0 Å². The molecule has 2 rings (SSSR count). The first kappa shape index (κ1) is 23.0. The van der Waals surface area contributed by atoms with Gasteiger partial charge >= 0.3 is 0 Å². The normalized spacial score (nSPS) is 15.5. The maximum absolute atomic E-state index is 5.81. The Morgan fingerprint density at radius 1 is 1.35 bits per heavy atom. The van der Waals surface area contributed by atoms with Crippen LogP contribution in [0.25, 0.3) is 0 Å². The first-order chi connectivity index (χ1) is 12.3. The van der Waals surface area contributed by atoms with E-state index in [2.05, 4.69) is 40.1 Å². The number of guanidine groups is 1. The summed E-state index contributed by atoms with van der Waals surface area (Å²) in [6.45, 7) is 8.31. The second-order valence-corrected chi connectivity index (χ2v) is 6.21. The number of nitrogens with zero attached hydrogens (tertiary/aromatic N) is 3. The van der Waals surface area contributed by atoms with Gasteiger partial charge in [-0.05, 0) is 32.3 Å². The lowest BCUT2D eigenvalue weighted by Crippen LogP contribution is -2.46. The Balaban J connectivity index is 0.00000338. The highest BCUT2D eigenvalue weighted by Crippen LogP contribution is 2.16. The number of aromatic nitrogens is 1. The Hall–Kier alpha value is -1.09. The minimum Gasteiger partial charge on any atom is -0.477 e. The molecule has 0 aromatic carbocycles. The summed E-state index contributed by atoms with van der Waals surface area (Å²) in [6, 6.07) is 4.00. The third-order valence-electron chi connectivity index (χ3n) is 4.38. The molecule has 1 N–H and O–H groups in total. The van der Waals surface area contributed by atoms with E-state index in [1.54, 1.807) is 6.20 Å². The third kappa shape index (κ3) is 7.26. The van der Waals surface area contributed by atoms with Crippen LogP contribution in [0.5, 0.6) is 5.88 Å². The van der Waals surface area contributed by atoms with Gasteiger partial charge < -0.3 is 19.7 Å². The maximum Gasteiger partial charge on any atom is 0.218 e. The number of rotatable bonds is 8. The summed E-state index contributed by atoms with van der Waals surface area (Å²) in [5.74, 6) is 1.65. The first-order valence-electron chi connectivity index (χ1n) is 9.42. The molecule has 1 saturated heterocycles. The van der Waals surface area contributed by atoms with Gasteiger partial charge in [-0.25, -0.2) is 4.98 Å². The van der Waals surface area contributed by atoms with Crippen LogP contribution in [0.15, 0.2) is 23.3 Å². The summed E-state index contributed by atoms with van der Waals surface area (Å²) in [6.07, 6.45) is 6.42. The van der Waals surface area contributed by atoms with Crippen LogP contribution in [-0.2, 0) is 11.3 Å². The van der Waals surface area contributed by atoms with Crippen LogP contribution in [0.2, 0.25) is 0 Å². The molecule has 1 aliphatic heterocycles. The summed E-state index contributed by atoms with van der Waals surface area (Å²) in [5.41, 5.74) is 1.06. The number of hydrogen-bond donors (Lipinski definition) is 1. The average molecular weight is 476 g/mol. The van der Waals surface area contributed by atoms with E-state index < -0.39 is 0 Å². The Kier molecular flexibility index (Phi) is 11.6. The van der Waals surface area contributed by atoms with Crippen LogP contribution in [0.4, 0.5) is 0 Å². The van der Waals surface area contributed by atoms with E-state index in [4.69, 9.17) is 9.47 Å². The van der Waals surface area contributed by atoms with Crippen molar-refractivity contribution in [2.75, 3.05) is 33.4 Å². The van der Waals surface area contributed by atoms with Crippen LogP contribution >= 0.6 is 24.0 Å². The Bertz CT molecular complexity index is 534. The van der Waals surface area contributed by atoms with Crippen LogP contribution < -0.4 is 10.1 Å². The van der Waals surface area contributed by atoms with Gasteiger partial charge in [0.2, 0.25) is 5.88 Å². The summed E-state index contributed by atoms with van der Waals surface area (Å²) in [5, 5.41) is 3.45. The Labute approximate surface area is 174 Å². The second-order valence-electron chi connectivity index (χ2n) is 6.21. The largest absolute Gasteiger partial charge is 0.477 e. The number of unbranched alkanes of at least 4 members (excludes halogenated alkanes) is 1. The van der Waals surface area contributed by atoms with Gasteiger partial charge in [-0.1, -0.05) is 19.4 Å². The zero-order chi connectivity index (χ0) is 17.9. The minimum absolute atomic E-state index is 0. The molecule has 1 aromatic heterocycles. The first-order valence-corrected chi connectivity index (χ1v) is 9.42. The number of halogens is 1. The predicted molar refractivity (Wildman–Crippen MR) is 116 cm³/mol. The number of likely N-dealkylation sites (tertiary alicyclic amines) is 1. The molecule has 0 amide bonds. The van der Waals surface area contributed by atoms with Crippen molar-refractivity contribution >= 4 is 29.9 Å². The molecule has 6 nitrogen and oxygen atoms in total. The molecule has 0 radical (unpaired) electrons. The lowest BCUT2D eigenvalue weighted by molar-refractivity contribution is 0.0263. The number of nitrogens with one attached hydrogen (secondary N) is 1. The number of piperidine rings is 1. The molecule has 0 aliphatic carbocycles. The monoisotopic (exact) mass is 476 g/mol. The molecule has 0 atom stereocenters. The van der Waals surface area contributed by atoms with Gasteiger partial charge in [0.25, 0.3) is 0 Å². The number of pyridine rings is 1. The van der Waals surface area contributed by atoms with Crippen molar-refractivity contribution in [3.8, 4) is 5.88 Å². The maximum atomic E-state index is 5.81. The average Bonchev–Trinajstić information content (AvgIpc) is 2.65. The van der Waals surface area contributed by atoms with Crippen LogP contribution in [0.3, 0.4) is 0 Å². The highest BCUT2D eigenvalue weighted by molar-refractivity contribution is 14.0. The molecule has 0 saturated carbocycles. The van der Waals surface area contributed by atoms with Crippen molar-refractivity contribution in [2.45, 2.75) is 52.2 Å². The van der Waals surface area contributed by atoms with Crippen LogP contribution in [0.1, 0.15) is 45.1 Å².